The molecule has 0 bridgehead atoms. The number of hydrogen-bond acceptors (Lipinski definition) is 2. The summed E-state index contributed by atoms with van der Waals surface area (Å²) in [6.45, 7) is 0. The SMILES string of the molecule is c1ccc(-c2ccc(N(c3ccc(-c4ccccc4)cc3)c3ccc(-c4ccccc4-c4ccccc4-c4ccc(N(c5ccc(-c6ccccc6)cc5)c5ccc(-c6ccccc6)cc5)cc4)cc3)cc2)cc1. The number of hydrogen-bond donors (Lipinski definition) is 0. The second-order valence-electron chi connectivity index (χ2n) is 18.5. The van der Waals surface area contributed by atoms with Gasteiger partial charge >= 0.3 is 0 Å². The normalized spacial score (nSPS) is 11.0. The van der Waals surface area contributed by atoms with Gasteiger partial charge in [-0.25, -0.2) is 0 Å². The van der Waals surface area contributed by atoms with Crippen LogP contribution in [0.15, 0.2) is 315 Å². The van der Waals surface area contributed by atoms with Crippen molar-refractivity contribution < 1.29 is 0 Å². The van der Waals surface area contributed by atoms with Gasteiger partial charge < -0.3 is 9.80 Å². The molecular weight excluding hydrogens is 893 g/mol. The van der Waals surface area contributed by atoms with Gasteiger partial charge in [0.1, 0.15) is 0 Å². The molecular formula is C72H52N2. The summed E-state index contributed by atoms with van der Waals surface area (Å²) in [4.78, 5) is 4.69. The largest absolute Gasteiger partial charge is 0.311 e. The van der Waals surface area contributed by atoms with Crippen molar-refractivity contribution in [3.63, 3.8) is 0 Å². The number of rotatable bonds is 13. The first kappa shape index (κ1) is 45.4. The summed E-state index contributed by atoms with van der Waals surface area (Å²) in [7, 11) is 0. The molecule has 12 rings (SSSR count). The summed E-state index contributed by atoms with van der Waals surface area (Å²) < 4.78 is 0. The van der Waals surface area contributed by atoms with Crippen LogP contribution < -0.4 is 9.80 Å². The Morgan fingerprint density at radius 3 is 0.500 bits per heavy atom. The number of anilines is 6. The molecule has 2 nitrogen and oxygen atoms in total. The van der Waals surface area contributed by atoms with Gasteiger partial charge in [0.05, 0.1) is 0 Å². The van der Waals surface area contributed by atoms with Crippen molar-refractivity contribution in [3.8, 4) is 77.9 Å². The zero-order chi connectivity index (χ0) is 49.5. The lowest BCUT2D eigenvalue weighted by molar-refractivity contribution is 1.28. The van der Waals surface area contributed by atoms with Gasteiger partial charge in [0.15, 0.2) is 0 Å². The molecule has 12 aromatic rings. The van der Waals surface area contributed by atoms with Gasteiger partial charge in [-0.15, -0.1) is 0 Å². The molecule has 0 aliphatic heterocycles. The first-order chi connectivity index (χ1) is 36.7. The Kier molecular flexibility index (Phi) is 12.8. The third-order valence-corrected chi connectivity index (χ3v) is 13.9. The molecule has 2 heteroatoms. The molecule has 0 fully saturated rings. The highest BCUT2D eigenvalue weighted by atomic mass is 15.1. The van der Waals surface area contributed by atoms with Gasteiger partial charge in [0.25, 0.3) is 0 Å². The molecule has 0 aliphatic rings. The van der Waals surface area contributed by atoms with E-state index in [0.717, 1.165) is 45.3 Å². The van der Waals surface area contributed by atoms with Crippen LogP contribution in [0.1, 0.15) is 0 Å². The van der Waals surface area contributed by atoms with Crippen LogP contribution in [-0.2, 0) is 0 Å². The van der Waals surface area contributed by atoms with Crippen molar-refractivity contribution in [1.29, 1.82) is 0 Å². The number of nitrogens with zero attached hydrogens (tertiary/aromatic N) is 2. The minimum absolute atomic E-state index is 1.08. The van der Waals surface area contributed by atoms with Crippen molar-refractivity contribution in [2.24, 2.45) is 0 Å². The maximum atomic E-state index is 2.35. The standard InChI is InChI=1S/C72H52N2/c1-5-17-53(18-6-1)57-29-41-63(42-30-57)73(64-43-31-58(32-44-64)54-19-7-2-8-20-54)67-49-37-61(38-50-67)69-25-13-15-27-71(69)72-28-16-14-26-70(72)62-39-51-68(52-40-62)74(65-45-33-59(34-46-65)55-21-9-3-10-22-55)66-47-35-60(36-48-66)56-23-11-4-12-24-56/h1-52H. The van der Waals surface area contributed by atoms with Gasteiger partial charge in [-0.2, -0.15) is 0 Å². The topological polar surface area (TPSA) is 6.48 Å². The van der Waals surface area contributed by atoms with E-state index in [4.69, 9.17) is 0 Å². The van der Waals surface area contributed by atoms with Crippen LogP contribution in [-0.4, -0.2) is 0 Å². The van der Waals surface area contributed by atoms with Crippen LogP contribution in [0.5, 0.6) is 0 Å². The van der Waals surface area contributed by atoms with E-state index in [-0.39, 0.29) is 0 Å². The van der Waals surface area contributed by atoms with Crippen molar-refractivity contribution >= 4 is 34.1 Å². The van der Waals surface area contributed by atoms with Crippen LogP contribution in [0.25, 0.3) is 77.9 Å². The fraction of sp³-hybridized carbons (Fsp3) is 0. The predicted molar refractivity (Wildman–Crippen MR) is 314 cm³/mol. The Morgan fingerprint density at radius 2 is 0.284 bits per heavy atom. The van der Waals surface area contributed by atoms with Gasteiger partial charge in [0.2, 0.25) is 0 Å². The molecule has 0 N–H and O–H groups in total. The maximum absolute atomic E-state index is 2.35. The molecule has 0 aliphatic carbocycles. The summed E-state index contributed by atoms with van der Waals surface area (Å²) in [5.74, 6) is 0. The first-order valence-electron chi connectivity index (χ1n) is 25.3. The van der Waals surface area contributed by atoms with E-state index < -0.39 is 0 Å². The second-order valence-corrected chi connectivity index (χ2v) is 18.5. The van der Waals surface area contributed by atoms with Gasteiger partial charge in [-0.05, 0) is 151 Å². The molecule has 0 spiro atoms. The fourth-order valence-electron chi connectivity index (χ4n) is 10.1. The molecule has 0 saturated carbocycles. The first-order valence-corrected chi connectivity index (χ1v) is 25.3. The molecule has 12 aromatic carbocycles. The smallest absolute Gasteiger partial charge is 0.0462 e. The number of benzene rings is 12. The van der Waals surface area contributed by atoms with Crippen LogP contribution in [0.3, 0.4) is 0 Å². The van der Waals surface area contributed by atoms with Gasteiger partial charge in [-0.1, -0.05) is 243 Å². The lowest BCUT2D eigenvalue weighted by atomic mass is 9.89. The van der Waals surface area contributed by atoms with E-state index in [1.807, 2.05) is 0 Å². The van der Waals surface area contributed by atoms with E-state index in [1.54, 1.807) is 0 Å². The molecule has 350 valence electrons. The van der Waals surface area contributed by atoms with E-state index in [2.05, 4.69) is 325 Å². The second kappa shape index (κ2) is 20.9. The van der Waals surface area contributed by atoms with E-state index >= 15 is 0 Å². The summed E-state index contributed by atoms with van der Waals surface area (Å²) in [5.41, 5.74) is 23.1. The summed E-state index contributed by atoms with van der Waals surface area (Å²) in [5, 5.41) is 0. The molecule has 0 amide bonds. The zero-order valence-corrected chi connectivity index (χ0v) is 40.9. The molecule has 74 heavy (non-hydrogen) atoms. The fourth-order valence-corrected chi connectivity index (χ4v) is 10.1. The minimum atomic E-state index is 1.08. The third kappa shape index (κ3) is 9.56. The summed E-state index contributed by atoms with van der Waals surface area (Å²) in [6.07, 6.45) is 0. The van der Waals surface area contributed by atoms with Gasteiger partial charge in [-0.3, -0.25) is 0 Å². The molecule has 0 saturated heterocycles. The average molecular weight is 945 g/mol. The van der Waals surface area contributed by atoms with Crippen LogP contribution in [0.4, 0.5) is 34.1 Å². The minimum Gasteiger partial charge on any atom is -0.311 e. The van der Waals surface area contributed by atoms with Crippen molar-refractivity contribution in [2.75, 3.05) is 9.80 Å². The van der Waals surface area contributed by atoms with E-state index in [9.17, 15) is 0 Å². The van der Waals surface area contributed by atoms with Gasteiger partial charge in [0, 0.05) is 34.1 Å². The Labute approximate surface area is 435 Å². The third-order valence-electron chi connectivity index (χ3n) is 13.9. The Balaban J connectivity index is 0.866. The Morgan fingerprint density at radius 1 is 0.122 bits per heavy atom. The predicted octanol–water partition coefficient (Wildman–Crippen LogP) is 20.3. The zero-order valence-electron chi connectivity index (χ0n) is 40.9. The Bertz CT molecular complexity index is 3320. The van der Waals surface area contributed by atoms with E-state index in [1.165, 1.54) is 66.8 Å². The lowest BCUT2D eigenvalue weighted by Gasteiger charge is -2.26. The molecule has 0 radical (unpaired) electrons. The highest BCUT2D eigenvalue weighted by molar-refractivity contribution is 5.93. The summed E-state index contributed by atoms with van der Waals surface area (Å²) in [6, 6.07) is 114. The molecule has 0 unspecified atom stereocenters. The highest BCUT2D eigenvalue weighted by Crippen LogP contribution is 2.43. The maximum Gasteiger partial charge on any atom is 0.0462 e. The van der Waals surface area contributed by atoms with Crippen molar-refractivity contribution in [2.45, 2.75) is 0 Å². The highest BCUT2D eigenvalue weighted by Gasteiger charge is 2.18. The van der Waals surface area contributed by atoms with E-state index in [0.29, 0.717) is 0 Å². The monoisotopic (exact) mass is 944 g/mol. The Hall–Kier alpha value is -9.76. The van der Waals surface area contributed by atoms with Crippen LogP contribution >= 0.6 is 0 Å². The van der Waals surface area contributed by atoms with Crippen molar-refractivity contribution in [3.05, 3.63) is 315 Å². The molecule has 0 aromatic heterocycles. The molecule has 0 heterocycles. The average Bonchev–Trinajstić information content (AvgIpc) is 3.49. The van der Waals surface area contributed by atoms with Crippen LogP contribution in [0, 0.1) is 0 Å². The van der Waals surface area contributed by atoms with Crippen molar-refractivity contribution in [1.82, 2.24) is 0 Å². The summed E-state index contributed by atoms with van der Waals surface area (Å²) >= 11 is 0. The lowest BCUT2D eigenvalue weighted by Crippen LogP contribution is -2.09. The van der Waals surface area contributed by atoms with Crippen LogP contribution in [0.2, 0.25) is 0 Å². The molecule has 0 atom stereocenters. The quantitative estimate of drug-likeness (QED) is 0.114.